The van der Waals surface area contributed by atoms with Gasteiger partial charge < -0.3 is 15.2 Å². The third-order valence-electron chi connectivity index (χ3n) is 2.90. The van der Waals surface area contributed by atoms with Crippen molar-refractivity contribution in [3.63, 3.8) is 0 Å². The average Bonchev–Trinajstić information content (AvgIpc) is 2.48. The molecule has 4 heteroatoms. The van der Waals surface area contributed by atoms with Crippen LogP contribution in [0.15, 0.2) is 42.7 Å². The van der Waals surface area contributed by atoms with Crippen LogP contribution in [0.4, 0.5) is 0 Å². The molecule has 1 aromatic carbocycles. The van der Waals surface area contributed by atoms with Crippen molar-refractivity contribution in [3.8, 4) is 11.5 Å². The summed E-state index contributed by atoms with van der Waals surface area (Å²) >= 11 is 0. The van der Waals surface area contributed by atoms with Crippen molar-refractivity contribution < 1.29 is 9.84 Å². The van der Waals surface area contributed by atoms with Gasteiger partial charge in [-0.05, 0) is 30.7 Å². The Morgan fingerprint density at radius 3 is 2.90 bits per heavy atom. The number of aliphatic hydroxyl groups excluding tert-OH is 1. The van der Waals surface area contributed by atoms with Crippen LogP contribution >= 0.6 is 0 Å². The number of aromatic nitrogens is 1. The fourth-order valence-corrected chi connectivity index (χ4v) is 1.89. The summed E-state index contributed by atoms with van der Waals surface area (Å²) in [6.45, 7) is 3.86. The standard InChI is InChI=1S/C16H20N2O2/c1-2-7-17-9-13-8-15(11-18-10-13)20-16-6-4-3-5-14(16)12-19/h3-6,8,10-11,17,19H,2,7,9,12H2,1H3. The first kappa shape index (κ1) is 14.5. The fraction of sp³-hybridized carbons (Fsp3) is 0.312. The lowest BCUT2D eigenvalue weighted by Crippen LogP contribution is -2.13. The smallest absolute Gasteiger partial charge is 0.146 e. The monoisotopic (exact) mass is 272 g/mol. The van der Waals surface area contributed by atoms with Gasteiger partial charge in [-0.3, -0.25) is 4.98 Å². The van der Waals surface area contributed by atoms with Gasteiger partial charge in [0.25, 0.3) is 0 Å². The molecule has 0 radical (unpaired) electrons. The van der Waals surface area contributed by atoms with Crippen LogP contribution in [0.25, 0.3) is 0 Å². The third kappa shape index (κ3) is 4.05. The van der Waals surface area contributed by atoms with Crippen LogP contribution in [-0.4, -0.2) is 16.6 Å². The first-order valence-corrected chi connectivity index (χ1v) is 6.84. The van der Waals surface area contributed by atoms with E-state index in [4.69, 9.17) is 4.74 Å². The van der Waals surface area contributed by atoms with E-state index in [9.17, 15) is 5.11 Å². The lowest BCUT2D eigenvalue weighted by Gasteiger charge is -2.10. The van der Waals surface area contributed by atoms with Crippen molar-refractivity contribution in [2.45, 2.75) is 26.5 Å². The summed E-state index contributed by atoms with van der Waals surface area (Å²) in [5.41, 5.74) is 1.85. The van der Waals surface area contributed by atoms with Crippen LogP contribution in [0.5, 0.6) is 11.5 Å². The summed E-state index contributed by atoms with van der Waals surface area (Å²) in [6, 6.07) is 9.41. The van der Waals surface area contributed by atoms with Crippen LogP contribution in [-0.2, 0) is 13.2 Å². The molecule has 0 fully saturated rings. The van der Waals surface area contributed by atoms with E-state index >= 15 is 0 Å². The zero-order valence-corrected chi connectivity index (χ0v) is 11.7. The van der Waals surface area contributed by atoms with Crippen LogP contribution in [0, 0.1) is 0 Å². The SMILES string of the molecule is CCCNCc1cncc(Oc2ccccc2CO)c1. The van der Waals surface area contributed by atoms with Crippen molar-refractivity contribution in [1.82, 2.24) is 10.3 Å². The molecular formula is C16H20N2O2. The Kier molecular flexibility index (Phi) is 5.53. The van der Waals surface area contributed by atoms with E-state index in [0.29, 0.717) is 11.5 Å². The molecule has 2 aromatic rings. The third-order valence-corrected chi connectivity index (χ3v) is 2.90. The molecule has 1 heterocycles. The predicted octanol–water partition coefficient (Wildman–Crippen LogP) is 2.87. The van der Waals surface area contributed by atoms with Crippen molar-refractivity contribution >= 4 is 0 Å². The molecule has 0 spiro atoms. The second-order valence-electron chi connectivity index (χ2n) is 4.57. The van der Waals surface area contributed by atoms with Crippen LogP contribution in [0.2, 0.25) is 0 Å². The molecular weight excluding hydrogens is 252 g/mol. The minimum Gasteiger partial charge on any atom is -0.455 e. The Hall–Kier alpha value is -1.91. The maximum atomic E-state index is 9.29. The summed E-state index contributed by atoms with van der Waals surface area (Å²) in [4.78, 5) is 4.19. The number of aliphatic hydroxyl groups is 1. The van der Waals surface area contributed by atoms with Gasteiger partial charge in [-0.25, -0.2) is 0 Å². The second-order valence-corrected chi connectivity index (χ2v) is 4.57. The Bertz CT molecular complexity index is 544. The number of rotatable bonds is 7. The highest BCUT2D eigenvalue weighted by Crippen LogP contribution is 2.25. The van der Waals surface area contributed by atoms with E-state index in [1.807, 2.05) is 36.5 Å². The number of nitrogens with one attached hydrogen (secondary N) is 1. The van der Waals surface area contributed by atoms with Gasteiger partial charge in [-0.2, -0.15) is 0 Å². The minimum atomic E-state index is -0.0403. The number of ether oxygens (including phenoxy) is 1. The highest BCUT2D eigenvalue weighted by molar-refractivity contribution is 5.37. The van der Waals surface area contributed by atoms with Gasteiger partial charge in [0.1, 0.15) is 11.5 Å². The predicted molar refractivity (Wildman–Crippen MR) is 78.7 cm³/mol. The lowest BCUT2D eigenvalue weighted by atomic mass is 10.2. The Morgan fingerprint density at radius 1 is 1.25 bits per heavy atom. The normalized spacial score (nSPS) is 10.5. The topological polar surface area (TPSA) is 54.4 Å². The molecule has 2 N–H and O–H groups in total. The number of benzene rings is 1. The number of para-hydroxylation sites is 1. The fourth-order valence-electron chi connectivity index (χ4n) is 1.89. The molecule has 0 saturated carbocycles. The summed E-state index contributed by atoms with van der Waals surface area (Å²) in [5, 5.41) is 12.6. The van der Waals surface area contributed by atoms with Gasteiger partial charge in [0.2, 0.25) is 0 Å². The molecule has 0 bridgehead atoms. The summed E-state index contributed by atoms with van der Waals surface area (Å²) in [5.74, 6) is 1.34. The number of nitrogens with zero attached hydrogens (tertiary/aromatic N) is 1. The van der Waals surface area contributed by atoms with E-state index in [-0.39, 0.29) is 6.61 Å². The molecule has 0 aliphatic rings. The molecule has 0 unspecified atom stereocenters. The Labute approximate surface area is 119 Å². The number of hydrogen-bond donors (Lipinski definition) is 2. The van der Waals surface area contributed by atoms with Crippen LogP contribution in [0.3, 0.4) is 0 Å². The average molecular weight is 272 g/mol. The molecule has 4 nitrogen and oxygen atoms in total. The van der Waals surface area contributed by atoms with Crippen molar-refractivity contribution in [2.24, 2.45) is 0 Å². The van der Waals surface area contributed by atoms with Gasteiger partial charge in [-0.1, -0.05) is 25.1 Å². The first-order valence-electron chi connectivity index (χ1n) is 6.84. The van der Waals surface area contributed by atoms with E-state index in [1.54, 1.807) is 6.20 Å². The van der Waals surface area contributed by atoms with Crippen molar-refractivity contribution in [3.05, 3.63) is 53.9 Å². The van der Waals surface area contributed by atoms with Gasteiger partial charge in [0.05, 0.1) is 12.8 Å². The molecule has 20 heavy (non-hydrogen) atoms. The van der Waals surface area contributed by atoms with Gasteiger partial charge in [0, 0.05) is 18.3 Å². The summed E-state index contributed by atoms with van der Waals surface area (Å²) in [6.07, 6.45) is 4.61. The quantitative estimate of drug-likeness (QED) is 0.761. The Balaban J connectivity index is 2.07. The maximum Gasteiger partial charge on any atom is 0.146 e. The summed E-state index contributed by atoms with van der Waals surface area (Å²) < 4.78 is 5.80. The van der Waals surface area contributed by atoms with E-state index in [1.165, 1.54) is 0 Å². The highest BCUT2D eigenvalue weighted by atomic mass is 16.5. The van der Waals surface area contributed by atoms with Crippen LogP contribution in [0.1, 0.15) is 24.5 Å². The van der Waals surface area contributed by atoms with Gasteiger partial charge in [0.15, 0.2) is 0 Å². The zero-order chi connectivity index (χ0) is 14.2. The second kappa shape index (κ2) is 7.62. The molecule has 0 aliphatic carbocycles. The summed E-state index contributed by atoms with van der Waals surface area (Å²) in [7, 11) is 0. The molecule has 0 aliphatic heterocycles. The van der Waals surface area contributed by atoms with Gasteiger partial charge >= 0.3 is 0 Å². The van der Waals surface area contributed by atoms with Crippen LogP contribution < -0.4 is 10.1 Å². The first-order chi connectivity index (χ1) is 9.83. The molecule has 106 valence electrons. The van der Waals surface area contributed by atoms with E-state index in [0.717, 1.165) is 30.6 Å². The lowest BCUT2D eigenvalue weighted by molar-refractivity contribution is 0.276. The Morgan fingerprint density at radius 2 is 2.10 bits per heavy atom. The maximum absolute atomic E-state index is 9.29. The van der Waals surface area contributed by atoms with Gasteiger partial charge in [-0.15, -0.1) is 0 Å². The largest absolute Gasteiger partial charge is 0.455 e. The molecule has 0 saturated heterocycles. The number of pyridine rings is 1. The number of hydrogen-bond acceptors (Lipinski definition) is 4. The van der Waals surface area contributed by atoms with E-state index < -0.39 is 0 Å². The molecule has 2 rings (SSSR count). The van der Waals surface area contributed by atoms with Crippen molar-refractivity contribution in [1.29, 1.82) is 0 Å². The van der Waals surface area contributed by atoms with Crippen molar-refractivity contribution in [2.75, 3.05) is 6.54 Å². The van der Waals surface area contributed by atoms with E-state index in [2.05, 4.69) is 17.2 Å². The molecule has 0 amide bonds. The molecule has 0 atom stereocenters. The highest BCUT2D eigenvalue weighted by Gasteiger charge is 2.04. The zero-order valence-electron chi connectivity index (χ0n) is 11.7. The minimum absolute atomic E-state index is 0.0403. The molecule has 1 aromatic heterocycles.